The number of rotatable bonds is 29. The molecule has 7 amide bonds. The fraction of sp³-hybridized carbons (Fsp3) is 0.424. The van der Waals surface area contributed by atoms with Crippen LogP contribution in [-0.4, -0.2) is 156 Å². The van der Waals surface area contributed by atoms with Crippen molar-refractivity contribution in [3.8, 4) is 5.75 Å². The quantitative estimate of drug-likeness (QED) is 0.0181. The number of nitrogens with one attached hydrogen (secondary N) is 9. The van der Waals surface area contributed by atoms with Gasteiger partial charge in [0.25, 0.3) is 0 Å². The maximum Gasteiger partial charge on any atom is 0.326 e. The van der Waals surface area contributed by atoms with Gasteiger partial charge in [-0.3, -0.25) is 48.7 Å². The number of hydrogen-bond donors (Lipinski definition) is 14. The molecule has 1 saturated heterocycles. The van der Waals surface area contributed by atoms with Crippen molar-refractivity contribution in [3.05, 3.63) is 127 Å². The Morgan fingerprint density at radius 3 is 1.96 bits per heavy atom. The van der Waals surface area contributed by atoms with E-state index in [1.807, 2.05) is 30.5 Å². The number of phenols is 1. The van der Waals surface area contributed by atoms with Crippen molar-refractivity contribution in [1.29, 1.82) is 5.41 Å². The monoisotopic (exact) mass is 1170 g/mol. The van der Waals surface area contributed by atoms with Crippen molar-refractivity contribution in [1.82, 2.24) is 57.1 Å². The van der Waals surface area contributed by atoms with Crippen LogP contribution in [0.1, 0.15) is 83.0 Å². The molecular weight excluding hydrogens is 1100 g/mol. The van der Waals surface area contributed by atoms with E-state index in [1.165, 1.54) is 47.1 Å². The number of phenolic OH excluding ortho intramolecular Hbond substituents is 1. The lowest BCUT2D eigenvalue weighted by Crippen LogP contribution is -2.62. The van der Waals surface area contributed by atoms with Gasteiger partial charge in [-0.25, -0.2) is 9.78 Å². The standard InChI is InChI=1S/C50H71N13O12.C9H7N/c1-5-28(4)41(47(72)59-36(23-31-25-54-26-56-31)48(73)63-20-10-14-38(63)45(70)60-37(49(74)75)22-29-11-7-6-8-12-29)62-44(69)35(21-30-15-17-32(64)18-16-30)58-46(71)40(27(2)3)61-43(68)34(13-9-19-55-50(52)53)57-42(67)33(51)24-39(65)66;1-2-6-9-8(4-1)5-3-7-10-9/h6-8,11-12,15-18,25-28,33-38,40-41,64H,5,9-10,13-14,19-24,51H2,1-4H3,(H,54,56)(H,57,67)(H,58,71)(H,59,72)(H,60,70)(H,61,68)(H,62,69)(H,65,66)(H,74,75)(H4,52,53,55);1-7H/t28-,33-,34-,35-,36-,37-,38-,40-,41-;/m0./s1. The Morgan fingerprint density at radius 1 is 0.718 bits per heavy atom. The molecule has 1 fully saturated rings. The Hall–Kier alpha value is -9.46. The van der Waals surface area contributed by atoms with Crippen molar-refractivity contribution < 1.29 is 58.5 Å². The number of pyridine rings is 1. The number of benzene rings is 3. The first-order valence-electron chi connectivity index (χ1n) is 28.0. The van der Waals surface area contributed by atoms with Crippen molar-refractivity contribution in [3.63, 3.8) is 0 Å². The van der Waals surface area contributed by atoms with E-state index in [0.717, 1.165) is 5.52 Å². The van der Waals surface area contributed by atoms with Crippen LogP contribution in [0.2, 0.25) is 0 Å². The summed E-state index contributed by atoms with van der Waals surface area (Å²) in [5, 5.41) is 56.3. The van der Waals surface area contributed by atoms with Gasteiger partial charge in [0.2, 0.25) is 41.4 Å². The lowest BCUT2D eigenvalue weighted by atomic mass is 9.96. The number of guanidine groups is 1. The minimum absolute atomic E-state index is 0.00272. The first-order chi connectivity index (χ1) is 40.5. The number of carbonyl (C=O) groups is 9. The lowest BCUT2D eigenvalue weighted by molar-refractivity contribution is -0.145. The summed E-state index contributed by atoms with van der Waals surface area (Å²) in [6.07, 6.45) is 4.74. The van der Waals surface area contributed by atoms with E-state index in [1.54, 1.807) is 58.0 Å². The number of likely N-dealkylation sites (tertiary alicyclic amines) is 1. The highest BCUT2D eigenvalue weighted by molar-refractivity contribution is 5.98. The van der Waals surface area contributed by atoms with E-state index in [0.29, 0.717) is 29.7 Å². The van der Waals surface area contributed by atoms with E-state index >= 15 is 0 Å². The number of carboxylic acid groups (broad SMARTS) is 2. The molecule has 3 heterocycles. The Kier molecular flexibility index (Phi) is 25.7. The van der Waals surface area contributed by atoms with E-state index in [-0.39, 0.29) is 63.3 Å². The fourth-order valence-corrected chi connectivity index (χ4v) is 9.36. The number of amides is 7. The number of hydrogen-bond acceptors (Lipinski definition) is 14. The molecule has 1 aliphatic rings. The van der Waals surface area contributed by atoms with Crippen LogP contribution in [0, 0.1) is 17.2 Å². The van der Waals surface area contributed by atoms with Crippen molar-refractivity contribution in [2.24, 2.45) is 23.3 Å². The summed E-state index contributed by atoms with van der Waals surface area (Å²) in [5.41, 5.74) is 13.8. The zero-order valence-corrected chi connectivity index (χ0v) is 48.0. The van der Waals surface area contributed by atoms with E-state index in [9.17, 15) is 53.4 Å². The molecule has 26 nitrogen and oxygen atoms in total. The Bertz CT molecular complexity index is 2990. The van der Waals surface area contributed by atoms with E-state index in [2.05, 4.69) is 64.3 Å². The van der Waals surface area contributed by atoms with Gasteiger partial charge in [-0.2, -0.15) is 0 Å². The van der Waals surface area contributed by atoms with Gasteiger partial charge in [-0.15, -0.1) is 0 Å². The summed E-state index contributed by atoms with van der Waals surface area (Å²) in [5.74, 6) is -9.79. The lowest BCUT2D eigenvalue weighted by Gasteiger charge is -2.32. The summed E-state index contributed by atoms with van der Waals surface area (Å²) in [6, 6.07) is 16.0. The van der Waals surface area contributed by atoms with Crippen molar-refractivity contribution in [2.45, 2.75) is 134 Å². The molecule has 9 atom stereocenters. The number of carbonyl (C=O) groups excluding carboxylic acids is 7. The predicted octanol–water partition coefficient (Wildman–Crippen LogP) is 1.13. The van der Waals surface area contributed by atoms with Crippen molar-refractivity contribution in [2.75, 3.05) is 13.1 Å². The van der Waals surface area contributed by atoms with E-state index < -0.39 is 120 Å². The van der Waals surface area contributed by atoms with E-state index in [4.69, 9.17) is 22.0 Å². The minimum Gasteiger partial charge on any atom is -0.508 e. The number of H-pyrrole nitrogens is 1. The number of nitrogens with zero attached hydrogens (tertiary/aromatic N) is 3. The molecule has 0 aliphatic carbocycles. The van der Waals surface area contributed by atoms with Crippen LogP contribution in [0.3, 0.4) is 0 Å². The number of aromatic hydroxyl groups is 1. The second-order valence-corrected chi connectivity index (χ2v) is 21.1. The SMILES string of the molecule is CC[C@H](C)[C@H](NC(=O)[C@H](Cc1ccc(O)cc1)NC(=O)[C@@H](NC(=O)[C@H](CCCNC(=N)N)NC(=O)[C@@H](N)CC(=O)O)C(C)C)C(=O)N[C@@H](Cc1cnc[nH]1)C(=O)N1CCC[C@H]1C(=O)N[C@@H](Cc1ccccc1)C(=O)O.c1ccc2ncccc2c1. The van der Waals surface area contributed by atoms with Crippen LogP contribution < -0.4 is 48.7 Å². The average molecular weight is 1180 g/mol. The third kappa shape index (κ3) is 21.0. The summed E-state index contributed by atoms with van der Waals surface area (Å²) >= 11 is 0. The van der Waals surface area contributed by atoms with Crippen LogP contribution in [0.15, 0.2) is 110 Å². The molecule has 0 unspecified atom stereocenters. The Morgan fingerprint density at radius 2 is 1.33 bits per heavy atom. The van der Waals surface area contributed by atoms with Gasteiger partial charge in [0.1, 0.15) is 48.0 Å². The fourth-order valence-electron chi connectivity index (χ4n) is 9.36. The number of fused-ring (bicyclic) bond motifs is 1. The zero-order chi connectivity index (χ0) is 62.2. The highest BCUT2D eigenvalue weighted by Gasteiger charge is 2.41. The summed E-state index contributed by atoms with van der Waals surface area (Å²) in [6.45, 7) is 6.96. The molecular formula is C59H78N14O12. The third-order valence-corrected chi connectivity index (χ3v) is 14.2. The maximum atomic E-state index is 14.6. The molecule has 3 aromatic carbocycles. The number of imidazole rings is 1. The van der Waals surface area contributed by atoms with Crippen LogP contribution >= 0.6 is 0 Å². The van der Waals surface area contributed by atoms with Gasteiger partial charge >= 0.3 is 11.9 Å². The van der Waals surface area contributed by atoms with Gasteiger partial charge in [-0.1, -0.05) is 101 Å². The summed E-state index contributed by atoms with van der Waals surface area (Å²) in [4.78, 5) is 134. The van der Waals surface area contributed by atoms with Crippen molar-refractivity contribution >= 4 is 70.2 Å². The molecule has 0 spiro atoms. The van der Waals surface area contributed by atoms with Crippen LogP contribution in [0.5, 0.6) is 5.75 Å². The number of carboxylic acids is 2. The highest BCUT2D eigenvalue weighted by Crippen LogP contribution is 2.22. The van der Waals surface area contributed by atoms with Crippen LogP contribution in [-0.2, 0) is 62.4 Å². The van der Waals surface area contributed by atoms with Gasteiger partial charge in [0, 0.05) is 55.8 Å². The maximum absolute atomic E-state index is 14.6. The smallest absolute Gasteiger partial charge is 0.326 e. The number of aliphatic carboxylic acids is 2. The van der Waals surface area contributed by atoms with Gasteiger partial charge in [0.15, 0.2) is 5.96 Å². The molecule has 16 N–H and O–H groups in total. The van der Waals surface area contributed by atoms with Gasteiger partial charge in [0.05, 0.1) is 24.3 Å². The first kappa shape index (κ1) is 66.3. The normalized spacial score (nSPS) is 15.6. The minimum atomic E-state index is -1.51. The predicted molar refractivity (Wildman–Crippen MR) is 314 cm³/mol. The molecule has 0 bridgehead atoms. The average Bonchev–Trinajstić information content (AvgIpc) is 4.07. The second kappa shape index (κ2) is 33.0. The Labute approximate surface area is 492 Å². The molecule has 5 aromatic rings. The van der Waals surface area contributed by atoms with Gasteiger partial charge in [-0.05, 0) is 72.9 Å². The third-order valence-electron chi connectivity index (χ3n) is 14.2. The molecule has 0 saturated carbocycles. The number of para-hydroxylation sites is 1. The topological polar surface area (TPSA) is 419 Å². The second-order valence-electron chi connectivity index (χ2n) is 21.1. The number of aromatic nitrogens is 3. The van der Waals surface area contributed by atoms with Gasteiger partial charge < -0.3 is 73.9 Å². The Balaban J connectivity index is 0.00000118. The molecule has 26 heteroatoms. The van der Waals surface area contributed by atoms with Crippen LogP contribution in [0.25, 0.3) is 10.9 Å². The summed E-state index contributed by atoms with van der Waals surface area (Å²) < 4.78 is 0. The molecule has 6 rings (SSSR count). The molecule has 0 radical (unpaired) electrons. The first-order valence-corrected chi connectivity index (χ1v) is 28.0. The molecule has 85 heavy (non-hydrogen) atoms. The summed E-state index contributed by atoms with van der Waals surface area (Å²) in [7, 11) is 0. The van der Waals surface area contributed by atoms with Crippen LogP contribution in [0.4, 0.5) is 0 Å². The number of nitrogens with two attached hydrogens (primary N) is 2. The highest BCUT2D eigenvalue weighted by atomic mass is 16.4. The zero-order valence-electron chi connectivity index (χ0n) is 48.0. The largest absolute Gasteiger partial charge is 0.508 e. The molecule has 2 aromatic heterocycles. The number of aromatic amines is 1. The molecule has 1 aliphatic heterocycles. The molecule has 456 valence electrons.